The highest BCUT2D eigenvalue weighted by atomic mass is 16.3. The number of aliphatic hydroxyl groups excluding tert-OH is 1. The van der Waals surface area contributed by atoms with Crippen molar-refractivity contribution in [3.05, 3.63) is 0 Å². The molecule has 0 aromatic rings. The van der Waals surface area contributed by atoms with Gasteiger partial charge in [-0.1, -0.05) is 0 Å². The summed E-state index contributed by atoms with van der Waals surface area (Å²) in [7, 11) is 0. The summed E-state index contributed by atoms with van der Waals surface area (Å²) in [6.07, 6.45) is 3.88. The molecule has 17 heavy (non-hydrogen) atoms. The number of amides is 2. The molecule has 5 nitrogen and oxygen atoms in total. The smallest absolute Gasteiger partial charge is 0.249 e. The molecule has 1 saturated carbocycles. The molecule has 1 aliphatic carbocycles. The van der Waals surface area contributed by atoms with Crippen molar-refractivity contribution < 1.29 is 14.7 Å². The van der Waals surface area contributed by atoms with Crippen LogP contribution in [0.5, 0.6) is 0 Å². The first kappa shape index (κ1) is 12.4. The van der Waals surface area contributed by atoms with Gasteiger partial charge >= 0.3 is 0 Å². The Balaban J connectivity index is 1.68. The second-order valence-electron chi connectivity index (χ2n) is 5.01. The maximum Gasteiger partial charge on any atom is 0.249 e. The van der Waals surface area contributed by atoms with Gasteiger partial charge in [0.05, 0.1) is 0 Å². The van der Waals surface area contributed by atoms with Crippen molar-refractivity contribution in [3.8, 4) is 0 Å². The number of hydrogen-bond donors (Lipinski definition) is 3. The minimum Gasteiger partial charge on any atom is -0.383 e. The van der Waals surface area contributed by atoms with Crippen LogP contribution in [0.1, 0.15) is 38.5 Å². The molecule has 0 bridgehead atoms. The van der Waals surface area contributed by atoms with Crippen LogP contribution in [0.4, 0.5) is 0 Å². The molecule has 1 aliphatic heterocycles. The lowest BCUT2D eigenvalue weighted by Gasteiger charge is -2.22. The van der Waals surface area contributed by atoms with Crippen LogP contribution in [-0.2, 0) is 9.59 Å². The van der Waals surface area contributed by atoms with Gasteiger partial charge in [-0.25, -0.2) is 0 Å². The molecule has 5 heteroatoms. The van der Waals surface area contributed by atoms with E-state index in [1.165, 1.54) is 0 Å². The van der Waals surface area contributed by atoms with E-state index in [1.807, 2.05) is 0 Å². The zero-order valence-electron chi connectivity index (χ0n) is 9.95. The van der Waals surface area contributed by atoms with Gasteiger partial charge in [0.1, 0.15) is 6.10 Å². The fraction of sp³-hybridized carbons (Fsp3) is 0.833. The minimum atomic E-state index is -0.967. The van der Waals surface area contributed by atoms with E-state index in [2.05, 4.69) is 10.6 Å². The number of carbonyl (C=O) groups excluding carboxylic acids is 2. The van der Waals surface area contributed by atoms with E-state index in [0.29, 0.717) is 12.8 Å². The van der Waals surface area contributed by atoms with Crippen LogP contribution in [0.15, 0.2) is 0 Å². The van der Waals surface area contributed by atoms with E-state index in [4.69, 9.17) is 0 Å². The molecule has 2 rings (SSSR count). The van der Waals surface area contributed by atoms with Crippen molar-refractivity contribution in [2.45, 2.75) is 50.7 Å². The summed E-state index contributed by atoms with van der Waals surface area (Å²) in [4.78, 5) is 23.0. The van der Waals surface area contributed by atoms with Crippen LogP contribution < -0.4 is 10.6 Å². The summed E-state index contributed by atoms with van der Waals surface area (Å²) < 4.78 is 0. The summed E-state index contributed by atoms with van der Waals surface area (Å²) >= 11 is 0. The zero-order valence-corrected chi connectivity index (χ0v) is 9.95. The average molecular weight is 240 g/mol. The normalized spacial score (nSPS) is 26.2. The number of hydrogen-bond acceptors (Lipinski definition) is 3. The highest BCUT2D eigenvalue weighted by Crippen LogP contribution is 2.20. The molecule has 0 spiro atoms. The lowest BCUT2D eigenvalue weighted by molar-refractivity contribution is -0.131. The standard InChI is InChI=1S/C12H20N2O3/c15-10(12(17)14-9-4-5-9)6-3-8-2-1-7-13-11(8)16/h8-10,15H,1-7H2,(H,13,16)(H,14,17)/t8-,10?/m0/s1. The van der Waals surface area contributed by atoms with Crippen molar-refractivity contribution in [1.29, 1.82) is 0 Å². The Morgan fingerprint density at radius 2 is 2.24 bits per heavy atom. The second kappa shape index (κ2) is 5.49. The summed E-state index contributed by atoms with van der Waals surface area (Å²) in [6.45, 7) is 0.750. The van der Waals surface area contributed by atoms with Crippen molar-refractivity contribution in [3.63, 3.8) is 0 Å². The Morgan fingerprint density at radius 1 is 1.47 bits per heavy atom. The van der Waals surface area contributed by atoms with Gasteiger partial charge < -0.3 is 15.7 Å². The highest BCUT2D eigenvalue weighted by Gasteiger charge is 2.28. The van der Waals surface area contributed by atoms with Gasteiger partial charge in [-0.15, -0.1) is 0 Å². The van der Waals surface area contributed by atoms with Crippen LogP contribution in [-0.4, -0.2) is 35.6 Å². The number of rotatable bonds is 5. The summed E-state index contributed by atoms with van der Waals surface area (Å²) in [5.74, 6) is -0.262. The summed E-state index contributed by atoms with van der Waals surface area (Å²) in [6, 6.07) is 0.273. The van der Waals surface area contributed by atoms with Crippen molar-refractivity contribution in [2.75, 3.05) is 6.54 Å². The monoisotopic (exact) mass is 240 g/mol. The Kier molecular flexibility index (Phi) is 3.99. The molecule has 1 unspecified atom stereocenters. The van der Waals surface area contributed by atoms with E-state index in [-0.39, 0.29) is 23.8 Å². The fourth-order valence-corrected chi connectivity index (χ4v) is 2.13. The van der Waals surface area contributed by atoms with Gasteiger partial charge in [0, 0.05) is 18.5 Å². The quantitative estimate of drug-likeness (QED) is 0.629. The van der Waals surface area contributed by atoms with Gasteiger partial charge in [0.2, 0.25) is 11.8 Å². The van der Waals surface area contributed by atoms with E-state index in [9.17, 15) is 14.7 Å². The third-order valence-corrected chi connectivity index (χ3v) is 3.41. The van der Waals surface area contributed by atoms with E-state index < -0.39 is 6.10 Å². The largest absolute Gasteiger partial charge is 0.383 e. The van der Waals surface area contributed by atoms with Crippen molar-refractivity contribution in [2.24, 2.45) is 5.92 Å². The number of aliphatic hydroxyl groups is 1. The van der Waals surface area contributed by atoms with Gasteiger partial charge in [-0.2, -0.15) is 0 Å². The molecule has 1 heterocycles. The van der Waals surface area contributed by atoms with Gasteiger partial charge in [-0.05, 0) is 38.5 Å². The molecule has 1 saturated heterocycles. The van der Waals surface area contributed by atoms with E-state index in [0.717, 1.165) is 32.2 Å². The molecule has 0 radical (unpaired) electrons. The number of carbonyl (C=O) groups is 2. The zero-order chi connectivity index (χ0) is 12.3. The van der Waals surface area contributed by atoms with Crippen molar-refractivity contribution in [1.82, 2.24) is 10.6 Å². The van der Waals surface area contributed by atoms with E-state index >= 15 is 0 Å². The Morgan fingerprint density at radius 3 is 2.88 bits per heavy atom. The van der Waals surface area contributed by atoms with Gasteiger partial charge in [-0.3, -0.25) is 9.59 Å². The molecule has 2 aliphatic rings. The molecule has 3 N–H and O–H groups in total. The van der Waals surface area contributed by atoms with Gasteiger partial charge in [0.15, 0.2) is 0 Å². The molecule has 0 aromatic carbocycles. The van der Waals surface area contributed by atoms with Crippen LogP contribution in [0.2, 0.25) is 0 Å². The van der Waals surface area contributed by atoms with Crippen molar-refractivity contribution >= 4 is 11.8 Å². The Hall–Kier alpha value is -1.10. The van der Waals surface area contributed by atoms with E-state index in [1.54, 1.807) is 0 Å². The highest BCUT2D eigenvalue weighted by molar-refractivity contribution is 5.81. The molecule has 2 fully saturated rings. The summed E-state index contributed by atoms with van der Waals surface area (Å²) in [5, 5.41) is 15.2. The van der Waals surface area contributed by atoms with Crippen LogP contribution in [0, 0.1) is 5.92 Å². The first-order chi connectivity index (χ1) is 8.16. The molecular weight excluding hydrogens is 220 g/mol. The SMILES string of the molecule is O=C(NC1CC1)C(O)CC[C@@H]1CCCNC1=O. The Bertz CT molecular complexity index is 302. The van der Waals surface area contributed by atoms with Crippen LogP contribution >= 0.6 is 0 Å². The molecule has 96 valence electrons. The molecule has 0 aromatic heterocycles. The predicted octanol–water partition coefficient (Wildman–Crippen LogP) is -0.0677. The topological polar surface area (TPSA) is 78.4 Å². The molecular formula is C12H20N2O3. The Labute approximate surface area is 101 Å². The lowest BCUT2D eigenvalue weighted by Crippen LogP contribution is -2.39. The number of nitrogens with one attached hydrogen (secondary N) is 2. The third kappa shape index (κ3) is 3.70. The minimum absolute atomic E-state index is 0.0351. The predicted molar refractivity (Wildman–Crippen MR) is 62.1 cm³/mol. The summed E-state index contributed by atoms with van der Waals surface area (Å²) in [5.41, 5.74) is 0. The molecule has 2 amide bonds. The first-order valence-corrected chi connectivity index (χ1v) is 6.43. The lowest BCUT2D eigenvalue weighted by atomic mass is 9.92. The van der Waals surface area contributed by atoms with Crippen LogP contribution in [0.3, 0.4) is 0 Å². The molecule has 2 atom stereocenters. The maximum absolute atomic E-state index is 11.5. The number of piperidine rings is 1. The first-order valence-electron chi connectivity index (χ1n) is 6.43. The second-order valence-corrected chi connectivity index (χ2v) is 5.01. The van der Waals surface area contributed by atoms with Gasteiger partial charge in [0.25, 0.3) is 0 Å². The third-order valence-electron chi connectivity index (χ3n) is 3.41. The maximum atomic E-state index is 11.5. The average Bonchev–Trinajstić information content (AvgIpc) is 3.11. The van der Waals surface area contributed by atoms with Crippen LogP contribution in [0.25, 0.3) is 0 Å². The fourth-order valence-electron chi connectivity index (χ4n) is 2.13.